The van der Waals surface area contributed by atoms with Gasteiger partial charge >= 0.3 is 0 Å². The molecule has 0 atom stereocenters. The first kappa shape index (κ1) is 16.3. The molecule has 0 aliphatic carbocycles. The Kier molecular flexibility index (Phi) is 4.95. The lowest BCUT2D eigenvalue weighted by atomic mass is 10.1. The van der Waals surface area contributed by atoms with E-state index in [4.69, 9.17) is 5.26 Å². The maximum absolute atomic E-state index is 14.0. The molecular weight excluding hydrogens is 308 g/mol. The number of rotatable bonds is 4. The number of para-hydroxylation sites is 1. The van der Waals surface area contributed by atoms with Crippen LogP contribution in [-0.2, 0) is 6.54 Å². The number of nitrogens with one attached hydrogen (secondary N) is 1. The van der Waals surface area contributed by atoms with Crippen LogP contribution in [0.5, 0.6) is 0 Å². The van der Waals surface area contributed by atoms with Gasteiger partial charge in [-0.15, -0.1) is 0 Å². The fraction of sp³-hybridized carbons (Fsp3) is 0.316. The van der Waals surface area contributed by atoms with Crippen molar-refractivity contribution in [3.63, 3.8) is 0 Å². The molecule has 0 unspecified atom stereocenters. The van der Waals surface area contributed by atoms with Crippen molar-refractivity contribution in [2.75, 3.05) is 23.3 Å². The van der Waals surface area contributed by atoms with E-state index < -0.39 is 11.6 Å². The largest absolute Gasteiger partial charge is 0.376 e. The van der Waals surface area contributed by atoms with Crippen molar-refractivity contribution in [3.8, 4) is 6.07 Å². The van der Waals surface area contributed by atoms with Gasteiger partial charge in [0.1, 0.15) is 5.69 Å². The van der Waals surface area contributed by atoms with Gasteiger partial charge in [-0.2, -0.15) is 5.26 Å². The van der Waals surface area contributed by atoms with Crippen molar-refractivity contribution < 1.29 is 8.78 Å². The second-order valence-electron chi connectivity index (χ2n) is 5.96. The quantitative estimate of drug-likeness (QED) is 0.902. The predicted molar refractivity (Wildman–Crippen MR) is 90.9 cm³/mol. The number of halogens is 2. The molecule has 1 fully saturated rings. The van der Waals surface area contributed by atoms with Gasteiger partial charge in [-0.25, -0.2) is 8.78 Å². The number of nitrogens with zero attached hydrogens (tertiary/aromatic N) is 2. The lowest BCUT2D eigenvalue weighted by Crippen LogP contribution is -2.30. The number of anilines is 2. The van der Waals surface area contributed by atoms with E-state index in [0.29, 0.717) is 6.54 Å². The highest BCUT2D eigenvalue weighted by atomic mass is 19.1. The first-order valence-electron chi connectivity index (χ1n) is 8.15. The van der Waals surface area contributed by atoms with Crippen LogP contribution in [0.1, 0.15) is 30.4 Å². The maximum Gasteiger partial charge on any atom is 0.150 e. The van der Waals surface area contributed by atoms with Crippen molar-refractivity contribution in [3.05, 3.63) is 59.2 Å². The average molecular weight is 327 g/mol. The minimum absolute atomic E-state index is 0.0238. The summed E-state index contributed by atoms with van der Waals surface area (Å²) in [5.74, 6) is -1.50. The van der Waals surface area contributed by atoms with Crippen molar-refractivity contribution >= 4 is 11.4 Å². The Morgan fingerprint density at radius 1 is 1.04 bits per heavy atom. The Hall–Kier alpha value is -2.61. The highest BCUT2D eigenvalue weighted by molar-refractivity contribution is 5.57. The van der Waals surface area contributed by atoms with E-state index in [-0.39, 0.29) is 11.3 Å². The molecule has 1 N–H and O–H groups in total. The van der Waals surface area contributed by atoms with Crippen molar-refractivity contribution in [1.29, 1.82) is 5.26 Å². The van der Waals surface area contributed by atoms with Crippen LogP contribution in [0.3, 0.4) is 0 Å². The number of hydrogen-bond acceptors (Lipinski definition) is 3. The monoisotopic (exact) mass is 327 g/mol. The number of benzene rings is 2. The third kappa shape index (κ3) is 3.48. The van der Waals surface area contributed by atoms with Crippen molar-refractivity contribution in [1.82, 2.24) is 0 Å². The van der Waals surface area contributed by atoms with Crippen LogP contribution in [0, 0.1) is 23.0 Å². The molecule has 1 aliphatic heterocycles. The van der Waals surface area contributed by atoms with Crippen molar-refractivity contribution in [2.45, 2.75) is 25.8 Å². The Morgan fingerprint density at radius 2 is 1.71 bits per heavy atom. The molecule has 0 amide bonds. The van der Waals surface area contributed by atoms with Crippen LogP contribution < -0.4 is 10.2 Å². The summed E-state index contributed by atoms with van der Waals surface area (Å²) in [4.78, 5) is 2.33. The molecule has 0 saturated carbocycles. The number of hydrogen-bond donors (Lipinski definition) is 1. The van der Waals surface area contributed by atoms with E-state index in [1.165, 1.54) is 19.3 Å². The summed E-state index contributed by atoms with van der Waals surface area (Å²) < 4.78 is 28.0. The van der Waals surface area contributed by atoms with Gasteiger partial charge in [0.05, 0.1) is 11.6 Å². The fourth-order valence-corrected chi connectivity index (χ4v) is 3.09. The molecule has 124 valence electrons. The molecule has 1 heterocycles. The summed E-state index contributed by atoms with van der Waals surface area (Å²) in [6.45, 7) is 2.35. The Bertz CT molecular complexity index is 738. The molecule has 0 spiro atoms. The van der Waals surface area contributed by atoms with Gasteiger partial charge < -0.3 is 10.2 Å². The fourth-order valence-electron chi connectivity index (χ4n) is 3.09. The average Bonchev–Trinajstić information content (AvgIpc) is 2.62. The van der Waals surface area contributed by atoms with Crippen LogP contribution in [0.15, 0.2) is 36.4 Å². The van der Waals surface area contributed by atoms with Gasteiger partial charge in [-0.1, -0.05) is 18.2 Å². The van der Waals surface area contributed by atoms with Gasteiger partial charge in [-0.05, 0) is 43.0 Å². The van der Waals surface area contributed by atoms with E-state index in [0.717, 1.165) is 36.5 Å². The van der Waals surface area contributed by atoms with Gasteiger partial charge in [0.25, 0.3) is 0 Å². The highest BCUT2D eigenvalue weighted by Crippen LogP contribution is 2.26. The molecule has 2 aromatic carbocycles. The number of piperidine rings is 1. The zero-order valence-corrected chi connectivity index (χ0v) is 13.4. The first-order valence-corrected chi connectivity index (χ1v) is 8.15. The van der Waals surface area contributed by atoms with Crippen molar-refractivity contribution in [2.24, 2.45) is 0 Å². The van der Waals surface area contributed by atoms with Gasteiger partial charge in [0, 0.05) is 25.3 Å². The predicted octanol–water partition coefficient (Wildman–Crippen LogP) is 4.44. The number of nitriles is 1. The Balaban J connectivity index is 1.79. The molecule has 2 aromatic rings. The molecule has 1 saturated heterocycles. The Morgan fingerprint density at radius 3 is 2.38 bits per heavy atom. The minimum Gasteiger partial charge on any atom is -0.376 e. The molecule has 0 radical (unpaired) electrons. The first-order chi connectivity index (χ1) is 11.7. The summed E-state index contributed by atoms with van der Waals surface area (Å²) in [5.41, 5.74) is 1.90. The molecule has 5 heteroatoms. The van der Waals surface area contributed by atoms with E-state index in [1.807, 2.05) is 24.3 Å². The second-order valence-corrected chi connectivity index (χ2v) is 5.96. The van der Waals surface area contributed by atoms with Gasteiger partial charge in [0.15, 0.2) is 11.6 Å². The van der Waals surface area contributed by atoms with Gasteiger partial charge in [-0.3, -0.25) is 0 Å². The summed E-state index contributed by atoms with van der Waals surface area (Å²) >= 11 is 0. The zero-order chi connectivity index (χ0) is 16.9. The SMILES string of the molecule is N#Cc1cc(F)c(NCc2ccccc2N2CCCCC2)c(F)c1. The lowest BCUT2D eigenvalue weighted by Gasteiger charge is -2.30. The molecule has 3 rings (SSSR count). The molecule has 0 aromatic heterocycles. The molecular formula is C19H19F2N3. The van der Waals surface area contributed by atoms with E-state index in [9.17, 15) is 8.78 Å². The standard InChI is InChI=1S/C19H19F2N3/c20-16-10-14(12-22)11-17(21)19(16)23-13-15-6-2-3-7-18(15)24-8-4-1-5-9-24/h2-3,6-7,10-11,23H,1,4-5,8-9,13H2. The minimum atomic E-state index is -0.748. The summed E-state index contributed by atoms with van der Waals surface area (Å²) in [5, 5.41) is 11.6. The smallest absolute Gasteiger partial charge is 0.150 e. The highest BCUT2D eigenvalue weighted by Gasteiger charge is 2.15. The molecule has 1 aliphatic rings. The summed E-state index contributed by atoms with van der Waals surface area (Å²) in [6.07, 6.45) is 3.58. The van der Waals surface area contributed by atoms with Gasteiger partial charge in [0.2, 0.25) is 0 Å². The van der Waals surface area contributed by atoms with E-state index in [2.05, 4.69) is 10.2 Å². The van der Waals surface area contributed by atoms with Crippen LogP contribution in [0.4, 0.5) is 20.2 Å². The van der Waals surface area contributed by atoms with E-state index >= 15 is 0 Å². The summed E-state index contributed by atoms with van der Waals surface area (Å²) in [7, 11) is 0. The maximum atomic E-state index is 14.0. The van der Waals surface area contributed by atoms with E-state index in [1.54, 1.807) is 6.07 Å². The topological polar surface area (TPSA) is 39.1 Å². The third-order valence-corrected chi connectivity index (χ3v) is 4.32. The molecule has 3 nitrogen and oxygen atoms in total. The lowest BCUT2D eigenvalue weighted by molar-refractivity contribution is 0.576. The van der Waals surface area contributed by atoms with Crippen LogP contribution >= 0.6 is 0 Å². The van der Waals surface area contributed by atoms with Crippen LogP contribution in [0.25, 0.3) is 0 Å². The molecule has 0 bridgehead atoms. The third-order valence-electron chi connectivity index (χ3n) is 4.32. The Labute approximate surface area is 140 Å². The second kappa shape index (κ2) is 7.31. The summed E-state index contributed by atoms with van der Waals surface area (Å²) in [6, 6.07) is 11.8. The zero-order valence-electron chi connectivity index (χ0n) is 13.4. The van der Waals surface area contributed by atoms with Crippen LogP contribution in [-0.4, -0.2) is 13.1 Å². The van der Waals surface area contributed by atoms with Crippen LogP contribution in [0.2, 0.25) is 0 Å². The molecule has 24 heavy (non-hydrogen) atoms. The normalized spacial score (nSPS) is 14.3.